The minimum Gasteiger partial charge on any atom is -0.496 e. The molecule has 236 valence electrons. The lowest BCUT2D eigenvalue weighted by Crippen LogP contribution is -2.82. The van der Waals surface area contributed by atoms with E-state index in [1.165, 1.54) is 35.6 Å². The number of thioether (sulfide) groups is 1. The van der Waals surface area contributed by atoms with Crippen LogP contribution in [-0.4, -0.2) is 81.4 Å². The van der Waals surface area contributed by atoms with Gasteiger partial charge in [-0.3, -0.25) is 14.5 Å². The van der Waals surface area contributed by atoms with Crippen LogP contribution in [0.5, 0.6) is 5.75 Å². The van der Waals surface area contributed by atoms with Crippen LogP contribution in [-0.2, 0) is 30.8 Å². The molecule has 1 aromatic heterocycles. The molecule has 1 fully saturated rings. The largest absolute Gasteiger partial charge is 0.496 e. The SMILES string of the molecule is COc1ccccc1C(=O)N[C@]1(OC)C(=O)N2C(C(=O)OC(c3ccccc3)c3ccccc3)=C(CSc3nnnn3C)CO[C@@H]21. The molecule has 2 amide bonds. The number of β-lactam (4-membered cyclic amide) rings is 1. The number of aryl methyl sites for hydroxylation is 1. The van der Waals surface area contributed by atoms with Crippen molar-refractivity contribution >= 4 is 29.5 Å². The van der Waals surface area contributed by atoms with Crippen LogP contribution in [0.3, 0.4) is 0 Å². The van der Waals surface area contributed by atoms with Crippen molar-refractivity contribution in [1.29, 1.82) is 0 Å². The summed E-state index contributed by atoms with van der Waals surface area (Å²) < 4.78 is 24.8. The molecule has 2 atom stereocenters. The molecule has 0 bridgehead atoms. The zero-order valence-corrected chi connectivity index (χ0v) is 26.0. The van der Waals surface area contributed by atoms with Crippen LogP contribution in [0.15, 0.2) is 101 Å². The highest BCUT2D eigenvalue weighted by atomic mass is 32.2. The predicted molar refractivity (Wildman–Crippen MR) is 164 cm³/mol. The van der Waals surface area contributed by atoms with Gasteiger partial charge in [0, 0.05) is 19.9 Å². The van der Waals surface area contributed by atoms with Crippen molar-refractivity contribution < 1.29 is 33.3 Å². The Morgan fingerprint density at radius 3 is 2.28 bits per heavy atom. The van der Waals surface area contributed by atoms with Crippen LogP contribution >= 0.6 is 11.8 Å². The molecule has 3 aromatic carbocycles. The first-order valence-corrected chi connectivity index (χ1v) is 15.2. The fraction of sp³-hybridized carbons (Fsp3) is 0.250. The predicted octanol–water partition coefficient (Wildman–Crippen LogP) is 2.87. The van der Waals surface area contributed by atoms with E-state index in [-0.39, 0.29) is 23.6 Å². The normalized spacial score (nSPS) is 19.0. The number of tetrazole rings is 1. The Labute approximate surface area is 268 Å². The lowest BCUT2D eigenvalue weighted by atomic mass is 9.93. The molecule has 2 aliphatic rings. The molecule has 13 nitrogen and oxygen atoms in total. The molecule has 4 aromatic rings. The number of fused-ring (bicyclic) bond motifs is 1. The number of hydrogen-bond donors (Lipinski definition) is 1. The number of esters is 1. The maximum Gasteiger partial charge on any atom is 0.356 e. The molecule has 0 unspecified atom stereocenters. The van der Waals surface area contributed by atoms with Gasteiger partial charge < -0.3 is 24.3 Å². The summed E-state index contributed by atoms with van der Waals surface area (Å²) in [4.78, 5) is 42.8. The summed E-state index contributed by atoms with van der Waals surface area (Å²) >= 11 is 1.27. The average Bonchev–Trinajstić information content (AvgIpc) is 3.52. The molecular formula is C32H30N6O7S. The summed E-state index contributed by atoms with van der Waals surface area (Å²) in [6.07, 6.45) is -1.93. The Morgan fingerprint density at radius 2 is 1.67 bits per heavy atom. The third-order valence-electron chi connectivity index (χ3n) is 7.66. The summed E-state index contributed by atoms with van der Waals surface area (Å²) in [5.74, 6) is -1.53. The molecule has 14 heteroatoms. The summed E-state index contributed by atoms with van der Waals surface area (Å²) in [5.41, 5.74) is 0.258. The van der Waals surface area contributed by atoms with E-state index in [1.54, 1.807) is 31.3 Å². The molecule has 1 N–H and O–H groups in total. The number of hydrogen-bond acceptors (Lipinski definition) is 11. The van der Waals surface area contributed by atoms with Crippen molar-refractivity contribution in [2.45, 2.75) is 23.2 Å². The molecule has 0 aliphatic carbocycles. The number of amides is 2. The second kappa shape index (κ2) is 13.1. The fourth-order valence-corrected chi connectivity index (χ4v) is 6.19. The molecule has 46 heavy (non-hydrogen) atoms. The van der Waals surface area contributed by atoms with Crippen molar-refractivity contribution in [3.63, 3.8) is 0 Å². The molecule has 0 spiro atoms. The lowest BCUT2D eigenvalue weighted by molar-refractivity contribution is -0.256. The van der Waals surface area contributed by atoms with E-state index in [4.69, 9.17) is 18.9 Å². The van der Waals surface area contributed by atoms with Gasteiger partial charge in [0.2, 0.25) is 5.16 Å². The molecular weight excluding hydrogens is 612 g/mol. The minimum atomic E-state index is -1.91. The zero-order valence-electron chi connectivity index (χ0n) is 25.2. The Balaban J connectivity index is 1.34. The molecule has 3 heterocycles. The number of nitrogens with zero attached hydrogens (tertiary/aromatic N) is 5. The first-order chi connectivity index (χ1) is 22.4. The van der Waals surface area contributed by atoms with E-state index in [1.807, 2.05) is 60.7 Å². The van der Waals surface area contributed by atoms with Crippen molar-refractivity contribution in [2.24, 2.45) is 7.05 Å². The number of benzene rings is 3. The van der Waals surface area contributed by atoms with E-state index in [9.17, 15) is 14.4 Å². The maximum absolute atomic E-state index is 14.2. The Bertz CT molecular complexity index is 1740. The van der Waals surface area contributed by atoms with Crippen LogP contribution in [0, 0.1) is 0 Å². The van der Waals surface area contributed by atoms with E-state index < -0.39 is 35.8 Å². The quantitative estimate of drug-likeness (QED) is 0.112. The first-order valence-electron chi connectivity index (χ1n) is 14.2. The number of aromatic nitrogens is 4. The summed E-state index contributed by atoms with van der Waals surface area (Å²) in [5, 5.41) is 14.7. The van der Waals surface area contributed by atoms with Crippen LogP contribution in [0.25, 0.3) is 0 Å². The molecule has 0 radical (unpaired) electrons. The Morgan fingerprint density at radius 1 is 1.02 bits per heavy atom. The number of methoxy groups -OCH3 is 2. The standard InChI is InChI=1S/C32H30N6O7S/c1-37-31(34-35-36-37)46-19-22-18-44-30-32(43-3,33-27(39)23-16-10-11-17-24(23)42-2)29(41)38(30)25(22)28(40)45-26(20-12-6-4-7-13-20)21-14-8-5-9-15-21/h4-17,26,30H,18-19H2,1-3H3,(H,33,39)/t30-,32+/m1/s1. The van der Waals surface area contributed by atoms with Crippen molar-refractivity contribution in [2.75, 3.05) is 26.6 Å². The highest BCUT2D eigenvalue weighted by Gasteiger charge is 2.68. The van der Waals surface area contributed by atoms with Crippen LogP contribution in [0.4, 0.5) is 0 Å². The van der Waals surface area contributed by atoms with Gasteiger partial charge in [0.05, 0.1) is 19.3 Å². The van der Waals surface area contributed by atoms with Gasteiger partial charge in [0.15, 0.2) is 12.3 Å². The number of rotatable bonds is 11. The van der Waals surface area contributed by atoms with E-state index in [0.29, 0.717) is 16.5 Å². The average molecular weight is 643 g/mol. The number of carbonyl (C=O) groups excluding carboxylic acids is 3. The Kier molecular flexibility index (Phi) is 8.83. The van der Waals surface area contributed by atoms with Crippen molar-refractivity contribution in [1.82, 2.24) is 30.4 Å². The van der Waals surface area contributed by atoms with E-state index in [0.717, 1.165) is 11.1 Å². The number of nitrogens with one attached hydrogen (secondary N) is 1. The van der Waals surface area contributed by atoms with Crippen molar-refractivity contribution in [3.8, 4) is 5.75 Å². The maximum atomic E-state index is 14.2. The summed E-state index contributed by atoms with van der Waals surface area (Å²) in [6.45, 7) is -0.0614. The molecule has 0 saturated carbocycles. The van der Waals surface area contributed by atoms with Gasteiger partial charge in [-0.2, -0.15) is 0 Å². The second-order valence-electron chi connectivity index (χ2n) is 10.4. The molecule has 6 rings (SSSR count). The van der Waals surface area contributed by atoms with Crippen molar-refractivity contribution in [3.05, 3.63) is 113 Å². The van der Waals surface area contributed by atoms with Crippen LogP contribution in [0.2, 0.25) is 0 Å². The first kappa shape index (κ1) is 31.0. The lowest BCUT2D eigenvalue weighted by Gasteiger charge is -2.55. The number of para-hydroxylation sites is 1. The third kappa shape index (κ3) is 5.62. The third-order valence-corrected chi connectivity index (χ3v) is 8.76. The number of carbonyl (C=O) groups is 3. The summed E-state index contributed by atoms with van der Waals surface area (Å²) in [7, 11) is 4.42. The highest BCUT2D eigenvalue weighted by Crippen LogP contribution is 2.42. The van der Waals surface area contributed by atoms with Gasteiger partial charge in [0.1, 0.15) is 11.4 Å². The zero-order chi connectivity index (χ0) is 32.3. The van der Waals surface area contributed by atoms with Gasteiger partial charge in [-0.15, -0.1) is 5.10 Å². The van der Waals surface area contributed by atoms with Crippen LogP contribution < -0.4 is 10.1 Å². The molecule has 2 aliphatic heterocycles. The van der Waals surface area contributed by atoms with Gasteiger partial charge >= 0.3 is 5.97 Å². The van der Waals surface area contributed by atoms with Gasteiger partial charge in [-0.1, -0.05) is 84.6 Å². The van der Waals surface area contributed by atoms with Gasteiger partial charge in [-0.25, -0.2) is 9.48 Å². The van der Waals surface area contributed by atoms with E-state index >= 15 is 0 Å². The number of ether oxygens (including phenoxy) is 4. The van der Waals surface area contributed by atoms with Crippen LogP contribution in [0.1, 0.15) is 27.6 Å². The summed E-state index contributed by atoms with van der Waals surface area (Å²) in [6, 6.07) is 25.2. The molecule has 1 saturated heterocycles. The van der Waals surface area contributed by atoms with Gasteiger partial charge in [-0.05, 0) is 39.3 Å². The topological polar surface area (TPSA) is 147 Å². The van der Waals surface area contributed by atoms with E-state index in [2.05, 4.69) is 20.8 Å². The minimum absolute atomic E-state index is 0.0000413. The monoisotopic (exact) mass is 642 g/mol. The highest BCUT2D eigenvalue weighted by molar-refractivity contribution is 7.99. The smallest absolute Gasteiger partial charge is 0.356 e. The Hall–Kier alpha value is -5.05. The fourth-order valence-electron chi connectivity index (χ4n) is 5.35. The second-order valence-corrected chi connectivity index (χ2v) is 11.3. The van der Waals surface area contributed by atoms with Gasteiger partial charge in [0.25, 0.3) is 17.5 Å².